The van der Waals surface area contributed by atoms with Gasteiger partial charge in [0.1, 0.15) is 0 Å². The first-order valence-corrected chi connectivity index (χ1v) is 10.4. The third-order valence-corrected chi connectivity index (χ3v) is 6.81. The Hall–Kier alpha value is -1.24. The highest BCUT2D eigenvalue weighted by atomic mass is 127. The van der Waals surface area contributed by atoms with Crippen LogP contribution in [0.25, 0.3) is 0 Å². The molecule has 0 radical (unpaired) electrons. The largest absolute Gasteiger partial charge is 0.352 e. The molecule has 0 bridgehead atoms. The van der Waals surface area contributed by atoms with Crippen molar-refractivity contribution < 1.29 is 8.42 Å². The number of nitrogens with zero attached hydrogens (tertiary/aromatic N) is 3. The van der Waals surface area contributed by atoms with Crippen LogP contribution in [0.15, 0.2) is 34.2 Å². The maximum Gasteiger partial charge on any atom is 0.242 e. The van der Waals surface area contributed by atoms with Crippen molar-refractivity contribution >= 4 is 51.3 Å². The second-order valence-electron chi connectivity index (χ2n) is 5.92. The van der Waals surface area contributed by atoms with E-state index < -0.39 is 10.0 Å². The highest BCUT2D eigenvalue weighted by molar-refractivity contribution is 14.0. The van der Waals surface area contributed by atoms with Crippen molar-refractivity contribution in [1.29, 1.82) is 0 Å². The molecule has 2 N–H and O–H groups in total. The molecule has 0 spiro atoms. The van der Waals surface area contributed by atoms with Gasteiger partial charge in [0.2, 0.25) is 10.0 Å². The number of rotatable bonds is 6. The van der Waals surface area contributed by atoms with Crippen LogP contribution in [0.1, 0.15) is 21.1 Å². The predicted octanol–water partition coefficient (Wildman–Crippen LogP) is 2.49. The van der Waals surface area contributed by atoms with Crippen LogP contribution >= 0.6 is 35.3 Å². The molecule has 0 saturated heterocycles. The summed E-state index contributed by atoms with van der Waals surface area (Å²) in [5, 5.41) is 7.45. The van der Waals surface area contributed by atoms with Crippen molar-refractivity contribution in [2.75, 3.05) is 21.1 Å². The van der Waals surface area contributed by atoms with E-state index in [0.29, 0.717) is 29.5 Å². The molecule has 0 atom stereocenters. The fraction of sp³-hybridized carbons (Fsp3) is 0.412. The Morgan fingerprint density at radius 1 is 1.19 bits per heavy atom. The quantitative estimate of drug-likeness (QED) is 0.345. The van der Waals surface area contributed by atoms with Gasteiger partial charge in [0.05, 0.1) is 22.1 Å². The second kappa shape index (κ2) is 10.3. The summed E-state index contributed by atoms with van der Waals surface area (Å²) in [7, 11) is 1.24. The molecule has 0 aliphatic carbocycles. The number of aromatic nitrogens is 1. The molecule has 1 aromatic carbocycles. The summed E-state index contributed by atoms with van der Waals surface area (Å²) in [5.41, 5.74) is 1.70. The van der Waals surface area contributed by atoms with Crippen molar-refractivity contribution in [3.63, 3.8) is 0 Å². The summed E-state index contributed by atoms with van der Waals surface area (Å²) in [5.74, 6) is 0.604. The van der Waals surface area contributed by atoms with Crippen LogP contribution in [0, 0.1) is 13.8 Å². The molecule has 1 heterocycles. The number of sulfonamides is 1. The summed E-state index contributed by atoms with van der Waals surface area (Å²) in [4.78, 5) is 10.1. The van der Waals surface area contributed by atoms with Gasteiger partial charge in [0.25, 0.3) is 0 Å². The Balaban J connectivity index is 0.00000364. The molecule has 10 heteroatoms. The minimum Gasteiger partial charge on any atom is -0.352 e. The van der Waals surface area contributed by atoms with Gasteiger partial charge in [-0.15, -0.1) is 35.3 Å². The molecule has 7 nitrogen and oxygen atoms in total. The van der Waals surface area contributed by atoms with Crippen LogP contribution in [0.3, 0.4) is 0 Å². The summed E-state index contributed by atoms with van der Waals surface area (Å²) in [6.45, 7) is 4.94. The molecular weight excluding hydrogens is 497 g/mol. The lowest BCUT2D eigenvalue weighted by atomic mass is 10.2. The zero-order chi connectivity index (χ0) is 19.3. The van der Waals surface area contributed by atoms with Crippen LogP contribution in [0.5, 0.6) is 0 Å². The molecule has 0 aliphatic heterocycles. The normalized spacial score (nSPS) is 12.0. The topological polar surface area (TPSA) is 86.7 Å². The molecule has 2 aromatic rings. The van der Waals surface area contributed by atoms with Crippen molar-refractivity contribution in [3.8, 4) is 0 Å². The number of nitrogens with one attached hydrogen (secondary N) is 2. The van der Waals surface area contributed by atoms with Gasteiger partial charge in [0.15, 0.2) is 5.96 Å². The summed E-state index contributed by atoms with van der Waals surface area (Å²) in [6, 6.07) is 6.96. The van der Waals surface area contributed by atoms with Gasteiger partial charge < -0.3 is 10.6 Å². The summed E-state index contributed by atoms with van der Waals surface area (Å²) in [6.07, 6.45) is 0. The summed E-state index contributed by atoms with van der Waals surface area (Å²) >= 11 is 1.65. The van der Waals surface area contributed by atoms with Crippen LogP contribution < -0.4 is 10.6 Å². The average Bonchev–Trinajstić information content (AvgIpc) is 2.92. The first-order valence-electron chi connectivity index (χ1n) is 8.13. The Morgan fingerprint density at radius 3 is 2.37 bits per heavy atom. The molecule has 0 saturated carbocycles. The Morgan fingerprint density at radius 2 is 1.81 bits per heavy atom. The van der Waals surface area contributed by atoms with Crippen LogP contribution in [-0.2, 0) is 23.1 Å². The molecular formula is C17H26IN5O2S2. The molecule has 0 unspecified atom stereocenters. The van der Waals surface area contributed by atoms with E-state index in [1.807, 2.05) is 19.9 Å². The van der Waals surface area contributed by atoms with Crippen molar-refractivity contribution in [2.45, 2.75) is 31.8 Å². The number of benzene rings is 1. The predicted molar refractivity (Wildman–Crippen MR) is 121 cm³/mol. The Kier molecular flexibility index (Phi) is 9.12. The fourth-order valence-electron chi connectivity index (χ4n) is 2.40. The van der Waals surface area contributed by atoms with Crippen LogP contribution in [0.4, 0.5) is 0 Å². The zero-order valence-corrected chi connectivity index (χ0v) is 20.1. The zero-order valence-electron chi connectivity index (χ0n) is 16.1. The SMILES string of the molecule is CN=C(NCc1ccccc1S(=O)(=O)N(C)C)NCc1sc(C)nc1C.I. The minimum absolute atomic E-state index is 0. The number of thiazole rings is 1. The lowest BCUT2D eigenvalue weighted by molar-refractivity contribution is 0.519. The van der Waals surface area contributed by atoms with Crippen molar-refractivity contribution in [3.05, 3.63) is 45.4 Å². The average molecular weight is 523 g/mol. The van der Waals surface area contributed by atoms with E-state index in [9.17, 15) is 8.42 Å². The van der Waals surface area contributed by atoms with E-state index >= 15 is 0 Å². The molecule has 0 amide bonds. The van der Waals surface area contributed by atoms with Gasteiger partial charge >= 0.3 is 0 Å². The maximum absolute atomic E-state index is 12.5. The van der Waals surface area contributed by atoms with E-state index in [0.717, 1.165) is 15.6 Å². The first kappa shape index (κ1) is 23.8. The number of hydrogen-bond donors (Lipinski definition) is 2. The molecule has 0 aliphatic rings. The Bertz CT molecular complexity index is 894. The number of aryl methyl sites for hydroxylation is 2. The van der Waals surface area contributed by atoms with Crippen LogP contribution in [0.2, 0.25) is 0 Å². The van der Waals surface area contributed by atoms with Crippen molar-refractivity contribution in [1.82, 2.24) is 19.9 Å². The number of hydrogen-bond acceptors (Lipinski definition) is 5. The van der Waals surface area contributed by atoms with E-state index in [1.54, 1.807) is 36.6 Å². The Labute approximate surface area is 182 Å². The number of halogens is 1. The van der Waals surface area contributed by atoms with E-state index in [4.69, 9.17) is 0 Å². The maximum atomic E-state index is 12.5. The van der Waals surface area contributed by atoms with E-state index in [2.05, 4.69) is 20.6 Å². The van der Waals surface area contributed by atoms with E-state index in [-0.39, 0.29) is 24.0 Å². The highest BCUT2D eigenvalue weighted by Gasteiger charge is 2.20. The smallest absolute Gasteiger partial charge is 0.242 e. The van der Waals surface area contributed by atoms with Gasteiger partial charge in [-0.05, 0) is 25.5 Å². The van der Waals surface area contributed by atoms with Crippen molar-refractivity contribution in [2.24, 2.45) is 4.99 Å². The molecule has 27 heavy (non-hydrogen) atoms. The monoisotopic (exact) mass is 523 g/mol. The van der Waals surface area contributed by atoms with Gasteiger partial charge in [0, 0.05) is 32.6 Å². The summed E-state index contributed by atoms with van der Waals surface area (Å²) < 4.78 is 26.1. The molecule has 150 valence electrons. The number of aliphatic imine (C=N–C) groups is 1. The lowest BCUT2D eigenvalue weighted by Crippen LogP contribution is -2.36. The minimum atomic E-state index is -3.49. The highest BCUT2D eigenvalue weighted by Crippen LogP contribution is 2.18. The fourth-order valence-corrected chi connectivity index (χ4v) is 4.39. The third-order valence-electron chi connectivity index (χ3n) is 3.82. The number of guanidine groups is 1. The lowest BCUT2D eigenvalue weighted by Gasteiger charge is -2.16. The van der Waals surface area contributed by atoms with E-state index in [1.165, 1.54) is 18.4 Å². The van der Waals surface area contributed by atoms with Gasteiger partial charge in [-0.1, -0.05) is 18.2 Å². The first-order chi connectivity index (χ1) is 12.3. The van der Waals surface area contributed by atoms with Gasteiger partial charge in [-0.3, -0.25) is 4.99 Å². The van der Waals surface area contributed by atoms with Crippen LogP contribution in [-0.4, -0.2) is 44.8 Å². The third kappa shape index (κ3) is 6.13. The standard InChI is InChI=1S/C17H25N5O2S2.HI/c1-12-15(25-13(2)21-12)11-20-17(18-3)19-10-14-8-6-7-9-16(14)26(23,24)22(4)5;/h6-9H,10-11H2,1-5H3,(H2,18,19,20);1H. The molecule has 1 aromatic heterocycles. The van der Waals surface area contributed by atoms with Gasteiger partial charge in [-0.25, -0.2) is 17.7 Å². The molecule has 0 fully saturated rings. The van der Waals surface area contributed by atoms with Gasteiger partial charge in [-0.2, -0.15) is 0 Å². The molecule has 2 rings (SSSR count). The second-order valence-corrected chi connectivity index (χ2v) is 9.32.